The number of rotatable bonds is 1. The van der Waals surface area contributed by atoms with Crippen molar-refractivity contribution in [1.29, 1.82) is 0 Å². The van der Waals surface area contributed by atoms with Crippen LogP contribution in [0.25, 0.3) is 0 Å². The van der Waals surface area contributed by atoms with E-state index in [2.05, 4.69) is 5.32 Å². The Morgan fingerprint density at radius 3 is 2.25 bits per heavy atom. The molecule has 0 aromatic carbocycles. The summed E-state index contributed by atoms with van der Waals surface area (Å²) in [7, 11) is 0. The summed E-state index contributed by atoms with van der Waals surface area (Å²) < 4.78 is 0. The van der Waals surface area contributed by atoms with E-state index in [9.17, 15) is 9.59 Å². The van der Waals surface area contributed by atoms with Gasteiger partial charge >= 0.3 is 11.8 Å². The average Bonchev–Trinajstić information content (AvgIpc) is 2.57. The number of nitrogens with two attached hydrogens (primary N) is 1. The fraction of sp³-hybridized carbons (Fsp3) is 0.714. The number of hydrogen-bond donors (Lipinski definition) is 3. The molecule has 0 aliphatic heterocycles. The summed E-state index contributed by atoms with van der Waals surface area (Å²) in [5.74, 6) is 3.32. The lowest BCUT2D eigenvalue weighted by atomic mass is 10.2. The van der Waals surface area contributed by atoms with Crippen LogP contribution in [0.2, 0.25) is 0 Å². The van der Waals surface area contributed by atoms with Gasteiger partial charge in [0.15, 0.2) is 0 Å². The molecule has 5 heteroatoms. The SMILES string of the molecule is CC1(C)CC1NC(=O)C(=O)NN. The Morgan fingerprint density at radius 1 is 1.42 bits per heavy atom. The first-order valence-corrected chi connectivity index (χ1v) is 3.79. The summed E-state index contributed by atoms with van der Waals surface area (Å²) in [4.78, 5) is 21.5. The highest BCUT2D eigenvalue weighted by Gasteiger charge is 2.47. The maximum atomic E-state index is 10.9. The van der Waals surface area contributed by atoms with Crippen LogP contribution in [-0.4, -0.2) is 17.9 Å². The van der Waals surface area contributed by atoms with E-state index in [0.717, 1.165) is 6.42 Å². The first kappa shape index (κ1) is 8.99. The maximum absolute atomic E-state index is 10.9. The Labute approximate surface area is 70.7 Å². The van der Waals surface area contributed by atoms with Gasteiger partial charge in [-0.05, 0) is 11.8 Å². The second-order valence-electron chi connectivity index (χ2n) is 3.69. The number of hydrogen-bond acceptors (Lipinski definition) is 3. The quantitative estimate of drug-likeness (QED) is 0.202. The van der Waals surface area contributed by atoms with Crippen molar-refractivity contribution in [3.63, 3.8) is 0 Å². The standard InChI is InChI=1S/C7H13N3O2/c1-7(2)3-4(7)9-5(11)6(12)10-8/h4H,3,8H2,1-2H3,(H,9,11)(H,10,12). The molecule has 2 amide bonds. The summed E-state index contributed by atoms with van der Waals surface area (Å²) in [6, 6.07) is 0.113. The van der Waals surface area contributed by atoms with Gasteiger partial charge in [-0.3, -0.25) is 15.0 Å². The molecule has 0 aromatic rings. The minimum atomic E-state index is -0.794. The third-order valence-corrected chi connectivity index (χ3v) is 2.16. The van der Waals surface area contributed by atoms with Crippen molar-refractivity contribution in [2.45, 2.75) is 26.3 Å². The van der Waals surface area contributed by atoms with Crippen LogP contribution < -0.4 is 16.6 Å². The van der Waals surface area contributed by atoms with Crippen molar-refractivity contribution in [2.24, 2.45) is 11.3 Å². The second kappa shape index (κ2) is 2.75. The highest BCUT2D eigenvalue weighted by Crippen LogP contribution is 2.44. The smallest absolute Gasteiger partial charge is 0.323 e. The summed E-state index contributed by atoms with van der Waals surface area (Å²) in [5.41, 5.74) is 1.90. The zero-order valence-corrected chi connectivity index (χ0v) is 7.18. The molecule has 0 bridgehead atoms. The molecule has 1 saturated carbocycles. The van der Waals surface area contributed by atoms with E-state index < -0.39 is 11.8 Å². The number of carbonyl (C=O) groups is 2. The van der Waals surface area contributed by atoms with Gasteiger partial charge in [0.2, 0.25) is 0 Å². The van der Waals surface area contributed by atoms with Crippen LogP contribution >= 0.6 is 0 Å². The molecule has 0 heterocycles. The van der Waals surface area contributed by atoms with Gasteiger partial charge in [-0.1, -0.05) is 13.8 Å². The fourth-order valence-electron chi connectivity index (χ4n) is 1.00. The van der Waals surface area contributed by atoms with Gasteiger partial charge in [0.1, 0.15) is 0 Å². The molecule has 1 atom stereocenters. The van der Waals surface area contributed by atoms with E-state index in [1.54, 1.807) is 5.43 Å². The van der Waals surface area contributed by atoms with Crippen molar-refractivity contribution in [3.8, 4) is 0 Å². The molecule has 12 heavy (non-hydrogen) atoms. The minimum Gasteiger partial charge on any atom is -0.345 e. The largest absolute Gasteiger partial charge is 0.345 e. The molecule has 1 unspecified atom stereocenters. The molecule has 5 nitrogen and oxygen atoms in total. The Kier molecular flexibility index (Phi) is 2.06. The van der Waals surface area contributed by atoms with Crippen LogP contribution in [-0.2, 0) is 9.59 Å². The number of nitrogens with one attached hydrogen (secondary N) is 2. The van der Waals surface area contributed by atoms with E-state index in [1.165, 1.54) is 0 Å². The predicted molar refractivity (Wildman–Crippen MR) is 42.7 cm³/mol. The maximum Gasteiger partial charge on any atom is 0.323 e. The molecule has 0 radical (unpaired) electrons. The lowest BCUT2D eigenvalue weighted by Crippen LogP contribution is -2.44. The summed E-state index contributed by atoms with van der Waals surface area (Å²) >= 11 is 0. The first-order chi connectivity index (χ1) is 5.47. The van der Waals surface area contributed by atoms with Crippen molar-refractivity contribution in [2.75, 3.05) is 0 Å². The van der Waals surface area contributed by atoms with Crippen molar-refractivity contribution >= 4 is 11.8 Å². The third kappa shape index (κ3) is 1.73. The van der Waals surface area contributed by atoms with Crippen LogP contribution in [0.3, 0.4) is 0 Å². The van der Waals surface area contributed by atoms with Crippen molar-refractivity contribution in [1.82, 2.24) is 10.7 Å². The zero-order chi connectivity index (χ0) is 9.35. The molecular formula is C7H13N3O2. The molecule has 1 fully saturated rings. The second-order valence-corrected chi connectivity index (χ2v) is 3.69. The normalized spacial score (nSPS) is 24.4. The van der Waals surface area contributed by atoms with Crippen LogP contribution in [0.15, 0.2) is 0 Å². The molecule has 68 valence electrons. The topological polar surface area (TPSA) is 84.2 Å². The Bertz CT molecular complexity index is 225. The van der Waals surface area contributed by atoms with E-state index in [0.29, 0.717) is 0 Å². The zero-order valence-electron chi connectivity index (χ0n) is 7.18. The highest BCUT2D eigenvalue weighted by molar-refractivity contribution is 6.35. The van der Waals surface area contributed by atoms with Gasteiger partial charge in [-0.2, -0.15) is 0 Å². The number of carbonyl (C=O) groups excluding carboxylic acids is 2. The van der Waals surface area contributed by atoms with Gasteiger partial charge in [-0.15, -0.1) is 0 Å². The Morgan fingerprint density at radius 2 is 1.92 bits per heavy atom. The Hall–Kier alpha value is -1.10. The fourth-order valence-corrected chi connectivity index (χ4v) is 1.00. The van der Waals surface area contributed by atoms with Gasteiger partial charge in [0, 0.05) is 6.04 Å². The minimum absolute atomic E-state index is 0.113. The third-order valence-electron chi connectivity index (χ3n) is 2.16. The summed E-state index contributed by atoms with van der Waals surface area (Å²) in [6.07, 6.45) is 0.913. The molecule has 0 aromatic heterocycles. The van der Waals surface area contributed by atoms with E-state index in [-0.39, 0.29) is 11.5 Å². The predicted octanol–water partition coefficient (Wildman–Crippen LogP) is -1.11. The van der Waals surface area contributed by atoms with Crippen LogP contribution in [0.5, 0.6) is 0 Å². The highest BCUT2D eigenvalue weighted by atomic mass is 16.2. The number of amides is 2. The summed E-state index contributed by atoms with van der Waals surface area (Å²) in [6.45, 7) is 4.05. The van der Waals surface area contributed by atoms with Gasteiger partial charge < -0.3 is 5.32 Å². The molecule has 1 rings (SSSR count). The van der Waals surface area contributed by atoms with Gasteiger partial charge in [0.25, 0.3) is 0 Å². The lowest BCUT2D eigenvalue weighted by molar-refractivity contribution is -0.139. The van der Waals surface area contributed by atoms with E-state index in [1.807, 2.05) is 13.8 Å². The molecule has 0 spiro atoms. The van der Waals surface area contributed by atoms with E-state index in [4.69, 9.17) is 5.84 Å². The molecule has 4 N–H and O–H groups in total. The molecular weight excluding hydrogens is 158 g/mol. The van der Waals surface area contributed by atoms with Crippen LogP contribution in [0.4, 0.5) is 0 Å². The monoisotopic (exact) mass is 171 g/mol. The first-order valence-electron chi connectivity index (χ1n) is 3.79. The van der Waals surface area contributed by atoms with Crippen molar-refractivity contribution in [3.05, 3.63) is 0 Å². The summed E-state index contributed by atoms with van der Waals surface area (Å²) in [5, 5.41) is 2.56. The Balaban J connectivity index is 2.34. The average molecular weight is 171 g/mol. The number of hydrazine groups is 1. The molecule has 1 aliphatic carbocycles. The molecule has 1 aliphatic rings. The van der Waals surface area contributed by atoms with Gasteiger partial charge in [-0.25, -0.2) is 5.84 Å². The lowest BCUT2D eigenvalue weighted by Gasteiger charge is -2.04. The molecule has 0 saturated heterocycles. The van der Waals surface area contributed by atoms with E-state index >= 15 is 0 Å². The van der Waals surface area contributed by atoms with Crippen LogP contribution in [0, 0.1) is 5.41 Å². The van der Waals surface area contributed by atoms with Gasteiger partial charge in [0.05, 0.1) is 0 Å². The van der Waals surface area contributed by atoms with Crippen molar-refractivity contribution < 1.29 is 9.59 Å². The van der Waals surface area contributed by atoms with Crippen LogP contribution in [0.1, 0.15) is 20.3 Å².